The minimum Gasteiger partial charge on any atom is -0.339 e. The summed E-state index contributed by atoms with van der Waals surface area (Å²) < 4.78 is 28.7. The van der Waals surface area contributed by atoms with Gasteiger partial charge in [-0.25, -0.2) is 13.1 Å². The average Bonchev–Trinajstić information content (AvgIpc) is 3.47. The predicted octanol–water partition coefficient (Wildman–Crippen LogP) is 1.02. The van der Waals surface area contributed by atoms with Gasteiger partial charge in [-0.15, -0.1) is 5.10 Å². The van der Waals surface area contributed by atoms with Crippen molar-refractivity contribution in [3.05, 3.63) is 30.3 Å². The van der Waals surface area contributed by atoms with Crippen molar-refractivity contribution in [1.82, 2.24) is 29.4 Å². The lowest BCUT2D eigenvalue weighted by Crippen LogP contribution is -2.52. The van der Waals surface area contributed by atoms with Gasteiger partial charge in [-0.05, 0) is 42.3 Å². The smallest absolute Gasteiger partial charge is 0.243 e. The molecular formula is C17H22N6O3S2. The largest absolute Gasteiger partial charge is 0.339 e. The van der Waals surface area contributed by atoms with Crippen LogP contribution in [0.4, 0.5) is 0 Å². The van der Waals surface area contributed by atoms with Gasteiger partial charge in [0.05, 0.1) is 16.2 Å². The number of thioether (sulfide) groups is 1. The maximum Gasteiger partial charge on any atom is 0.243 e. The lowest BCUT2D eigenvalue weighted by molar-refractivity contribution is -0.131. The van der Waals surface area contributed by atoms with Gasteiger partial charge in [0.15, 0.2) is 0 Å². The molecular weight excluding hydrogens is 400 g/mol. The molecule has 0 radical (unpaired) electrons. The number of piperazine rings is 1. The Balaban J connectivity index is 1.35. The van der Waals surface area contributed by atoms with Crippen molar-refractivity contribution in [2.75, 3.05) is 26.2 Å². The highest BCUT2D eigenvalue weighted by atomic mass is 32.2. The highest BCUT2D eigenvalue weighted by molar-refractivity contribution is 8.00. The fourth-order valence-electron chi connectivity index (χ4n) is 3.17. The number of carbonyl (C=O) groups is 1. The van der Waals surface area contributed by atoms with Crippen LogP contribution in [-0.4, -0.2) is 75.2 Å². The Morgan fingerprint density at radius 3 is 2.46 bits per heavy atom. The van der Waals surface area contributed by atoms with E-state index >= 15 is 0 Å². The number of amides is 1. The molecule has 1 amide bonds. The summed E-state index contributed by atoms with van der Waals surface area (Å²) in [7, 11) is -3.52. The fourth-order valence-corrected chi connectivity index (χ4v) is 5.55. The highest BCUT2D eigenvalue weighted by Crippen LogP contribution is 2.37. The predicted molar refractivity (Wildman–Crippen MR) is 103 cm³/mol. The third-order valence-electron chi connectivity index (χ3n) is 4.92. The van der Waals surface area contributed by atoms with Crippen molar-refractivity contribution < 1.29 is 13.2 Å². The third kappa shape index (κ3) is 3.91. The quantitative estimate of drug-likeness (QED) is 0.641. The van der Waals surface area contributed by atoms with Crippen LogP contribution in [0.2, 0.25) is 0 Å². The van der Waals surface area contributed by atoms with Crippen LogP contribution in [0, 0.1) is 0 Å². The van der Waals surface area contributed by atoms with E-state index in [-0.39, 0.29) is 16.1 Å². The number of carbonyl (C=O) groups excluding carboxylic acids is 1. The topological polar surface area (TPSA) is 101 Å². The second-order valence-corrected chi connectivity index (χ2v) is 10.2. The Bertz CT molecular complexity index is 937. The zero-order valence-electron chi connectivity index (χ0n) is 15.5. The molecule has 4 rings (SSSR count). The van der Waals surface area contributed by atoms with Crippen molar-refractivity contribution >= 4 is 27.7 Å². The van der Waals surface area contributed by atoms with Crippen molar-refractivity contribution in [2.45, 2.75) is 41.1 Å². The first kappa shape index (κ1) is 19.3. The van der Waals surface area contributed by atoms with Crippen LogP contribution in [-0.2, 0) is 14.8 Å². The zero-order valence-corrected chi connectivity index (χ0v) is 17.1. The van der Waals surface area contributed by atoms with Gasteiger partial charge in [0, 0.05) is 26.2 Å². The first-order valence-electron chi connectivity index (χ1n) is 9.25. The van der Waals surface area contributed by atoms with Gasteiger partial charge < -0.3 is 4.90 Å². The highest BCUT2D eigenvalue weighted by Gasteiger charge is 2.33. The second kappa shape index (κ2) is 7.80. The van der Waals surface area contributed by atoms with Gasteiger partial charge in [-0.2, -0.15) is 4.31 Å². The Kier molecular flexibility index (Phi) is 5.39. The van der Waals surface area contributed by atoms with E-state index in [0.717, 1.165) is 12.8 Å². The van der Waals surface area contributed by atoms with E-state index in [1.807, 2.05) is 6.92 Å². The Hall–Kier alpha value is -1.98. The van der Waals surface area contributed by atoms with Crippen molar-refractivity contribution in [2.24, 2.45) is 0 Å². The molecule has 0 bridgehead atoms. The molecule has 9 nitrogen and oxygen atoms in total. The zero-order chi connectivity index (χ0) is 19.7. The van der Waals surface area contributed by atoms with Gasteiger partial charge in [-0.3, -0.25) is 4.79 Å². The summed E-state index contributed by atoms with van der Waals surface area (Å²) in [5.41, 5.74) is 0. The number of tetrazole rings is 1. The Labute approximate surface area is 168 Å². The summed E-state index contributed by atoms with van der Waals surface area (Å²) >= 11 is 1.35. The molecule has 2 fully saturated rings. The van der Waals surface area contributed by atoms with Crippen LogP contribution in [0.3, 0.4) is 0 Å². The first-order chi connectivity index (χ1) is 13.5. The van der Waals surface area contributed by atoms with Gasteiger partial charge in [0.2, 0.25) is 21.1 Å². The summed E-state index contributed by atoms with van der Waals surface area (Å²) in [6, 6.07) is 8.74. The van der Waals surface area contributed by atoms with E-state index in [9.17, 15) is 13.2 Å². The number of benzene rings is 1. The lowest BCUT2D eigenvalue weighted by Gasteiger charge is -2.35. The number of aromatic nitrogens is 4. The van der Waals surface area contributed by atoms with Crippen LogP contribution < -0.4 is 0 Å². The maximum absolute atomic E-state index is 12.8. The molecule has 150 valence electrons. The first-order valence-corrected chi connectivity index (χ1v) is 11.6. The molecule has 2 aliphatic rings. The third-order valence-corrected chi connectivity index (χ3v) is 7.86. The molecule has 1 atom stereocenters. The van der Waals surface area contributed by atoms with Crippen molar-refractivity contribution in [3.8, 4) is 0 Å². The summed E-state index contributed by atoms with van der Waals surface area (Å²) in [5.74, 6) is -0.0212. The van der Waals surface area contributed by atoms with Gasteiger partial charge in [0.25, 0.3) is 0 Å². The summed E-state index contributed by atoms with van der Waals surface area (Å²) in [6.07, 6.45) is 2.14. The standard InChI is InChI=1S/C17H22N6O3S2/c1-13(27-17-18-19-20-23(17)14-7-8-14)16(24)21-9-11-22(12-10-21)28(25,26)15-5-3-2-4-6-15/h2-6,13-14H,7-12H2,1H3. The summed E-state index contributed by atoms with van der Waals surface area (Å²) in [6.45, 7) is 3.18. The molecule has 1 aromatic carbocycles. The Morgan fingerprint density at radius 2 is 1.82 bits per heavy atom. The number of nitrogens with zero attached hydrogens (tertiary/aromatic N) is 6. The molecule has 1 saturated carbocycles. The van der Waals surface area contributed by atoms with Gasteiger partial charge >= 0.3 is 0 Å². The molecule has 1 unspecified atom stereocenters. The SMILES string of the molecule is CC(Sc1nnnn1C1CC1)C(=O)N1CCN(S(=O)(=O)c2ccccc2)CC1. The number of hydrogen-bond donors (Lipinski definition) is 0. The maximum atomic E-state index is 12.8. The van der Waals surface area contributed by atoms with Crippen LogP contribution in [0.15, 0.2) is 40.4 Å². The molecule has 1 aliphatic carbocycles. The van der Waals surface area contributed by atoms with E-state index in [0.29, 0.717) is 37.4 Å². The van der Waals surface area contributed by atoms with E-state index < -0.39 is 10.0 Å². The molecule has 2 aromatic rings. The molecule has 1 aliphatic heterocycles. The monoisotopic (exact) mass is 422 g/mol. The van der Waals surface area contributed by atoms with Crippen LogP contribution in [0.5, 0.6) is 0 Å². The van der Waals surface area contributed by atoms with Gasteiger partial charge in [-0.1, -0.05) is 30.0 Å². The number of hydrogen-bond acceptors (Lipinski definition) is 7. The second-order valence-electron chi connectivity index (χ2n) is 6.94. The molecule has 2 heterocycles. The van der Waals surface area contributed by atoms with Gasteiger partial charge in [0.1, 0.15) is 0 Å². The number of rotatable bonds is 6. The lowest BCUT2D eigenvalue weighted by atomic mass is 10.3. The molecule has 11 heteroatoms. The summed E-state index contributed by atoms with van der Waals surface area (Å²) in [4.78, 5) is 14.8. The molecule has 1 saturated heterocycles. The Morgan fingerprint density at radius 1 is 1.14 bits per heavy atom. The number of sulfonamides is 1. The molecule has 0 N–H and O–H groups in total. The van der Waals surface area contributed by atoms with Crippen LogP contribution in [0.1, 0.15) is 25.8 Å². The molecule has 0 spiro atoms. The molecule has 1 aromatic heterocycles. The van der Waals surface area contributed by atoms with E-state index in [4.69, 9.17) is 0 Å². The average molecular weight is 423 g/mol. The van der Waals surface area contributed by atoms with Crippen LogP contribution >= 0.6 is 11.8 Å². The molecule has 28 heavy (non-hydrogen) atoms. The van der Waals surface area contributed by atoms with Crippen molar-refractivity contribution in [1.29, 1.82) is 0 Å². The van der Waals surface area contributed by atoms with E-state index in [2.05, 4.69) is 15.5 Å². The minimum absolute atomic E-state index is 0.0212. The minimum atomic E-state index is -3.52. The van der Waals surface area contributed by atoms with E-state index in [1.165, 1.54) is 16.1 Å². The van der Waals surface area contributed by atoms with Crippen LogP contribution in [0.25, 0.3) is 0 Å². The summed E-state index contributed by atoms with van der Waals surface area (Å²) in [5, 5.41) is 12.1. The fraction of sp³-hybridized carbons (Fsp3) is 0.529. The van der Waals surface area contributed by atoms with E-state index in [1.54, 1.807) is 39.9 Å². The van der Waals surface area contributed by atoms with Crippen molar-refractivity contribution in [3.63, 3.8) is 0 Å². The normalized spacial score (nSPS) is 19.5.